The van der Waals surface area contributed by atoms with Crippen LogP contribution in [0, 0.1) is 7.14 Å². The van der Waals surface area contributed by atoms with Crippen molar-refractivity contribution < 1.29 is 0 Å². The van der Waals surface area contributed by atoms with E-state index in [1.165, 1.54) is 12.7 Å². The highest BCUT2D eigenvalue weighted by molar-refractivity contribution is 14.1. The van der Waals surface area contributed by atoms with Gasteiger partial charge in [-0.25, -0.2) is 0 Å². The Bertz CT molecular complexity index is 246. The molecule has 0 aliphatic heterocycles. The first kappa shape index (κ1) is 9.51. The number of benzene rings is 1. The van der Waals surface area contributed by atoms with Crippen molar-refractivity contribution in [2.75, 3.05) is 0 Å². The van der Waals surface area contributed by atoms with E-state index in [1.807, 2.05) is 6.08 Å². The molecule has 2 heteroatoms. The summed E-state index contributed by atoms with van der Waals surface area (Å²) in [5, 5.41) is 0. The molecule has 0 saturated heterocycles. The van der Waals surface area contributed by atoms with Crippen LogP contribution in [0.25, 0.3) is 0 Å². The van der Waals surface area contributed by atoms with Crippen molar-refractivity contribution in [1.29, 1.82) is 0 Å². The van der Waals surface area contributed by atoms with Crippen molar-refractivity contribution in [3.05, 3.63) is 43.6 Å². The third-order valence-corrected chi connectivity index (χ3v) is 2.55. The van der Waals surface area contributed by atoms with E-state index in [0.717, 1.165) is 6.42 Å². The van der Waals surface area contributed by atoms with E-state index in [1.54, 1.807) is 0 Å². The van der Waals surface area contributed by atoms with Gasteiger partial charge in [-0.3, -0.25) is 0 Å². The summed E-state index contributed by atoms with van der Waals surface area (Å²) in [6, 6.07) is 6.53. The van der Waals surface area contributed by atoms with Gasteiger partial charge in [0.1, 0.15) is 0 Å². The van der Waals surface area contributed by atoms with Gasteiger partial charge in [0.2, 0.25) is 0 Å². The Hall–Kier alpha value is 0.420. The quantitative estimate of drug-likeness (QED) is 0.551. The summed E-state index contributed by atoms with van der Waals surface area (Å²) in [6.45, 7) is 3.71. The Morgan fingerprint density at radius 3 is 2.18 bits per heavy atom. The molecule has 0 aliphatic rings. The zero-order valence-corrected chi connectivity index (χ0v) is 10.3. The predicted octanol–water partition coefficient (Wildman–Crippen LogP) is 3.62. The van der Waals surface area contributed by atoms with Crippen molar-refractivity contribution in [3.8, 4) is 0 Å². The van der Waals surface area contributed by atoms with Gasteiger partial charge in [0.25, 0.3) is 0 Å². The molecule has 0 saturated carbocycles. The number of hydrogen-bond donors (Lipinski definition) is 0. The van der Waals surface area contributed by atoms with Gasteiger partial charge >= 0.3 is 0 Å². The van der Waals surface area contributed by atoms with Crippen LogP contribution in [0.3, 0.4) is 0 Å². The molecule has 0 atom stereocenters. The lowest BCUT2D eigenvalue weighted by molar-refractivity contribution is 1.26. The molecule has 0 bridgehead atoms. The lowest BCUT2D eigenvalue weighted by Crippen LogP contribution is -1.84. The van der Waals surface area contributed by atoms with Crippen LogP contribution in [0.15, 0.2) is 30.9 Å². The summed E-state index contributed by atoms with van der Waals surface area (Å²) < 4.78 is 2.60. The smallest absolute Gasteiger partial charge is 0.0143 e. The predicted molar refractivity (Wildman–Crippen MR) is 65.8 cm³/mol. The molecule has 0 spiro atoms. The minimum atomic E-state index is 0.965. The van der Waals surface area contributed by atoms with Gasteiger partial charge in [-0.1, -0.05) is 6.08 Å². The molecule has 0 heterocycles. The lowest BCUT2D eigenvalue weighted by Gasteiger charge is -1.98. The van der Waals surface area contributed by atoms with Crippen molar-refractivity contribution >= 4 is 45.2 Å². The van der Waals surface area contributed by atoms with Gasteiger partial charge in [-0.15, -0.1) is 6.58 Å². The van der Waals surface area contributed by atoms with Gasteiger partial charge in [-0.2, -0.15) is 0 Å². The number of rotatable bonds is 2. The maximum absolute atomic E-state index is 3.71. The fourth-order valence-corrected chi connectivity index (χ4v) is 2.96. The molecule has 1 aromatic carbocycles. The molecule has 0 aromatic heterocycles. The second kappa shape index (κ2) is 4.45. The molecule has 0 fully saturated rings. The van der Waals surface area contributed by atoms with Gasteiger partial charge < -0.3 is 0 Å². The Kier molecular flexibility index (Phi) is 3.84. The van der Waals surface area contributed by atoms with Crippen molar-refractivity contribution in [3.63, 3.8) is 0 Å². The Morgan fingerprint density at radius 2 is 1.73 bits per heavy atom. The van der Waals surface area contributed by atoms with Crippen LogP contribution in [-0.4, -0.2) is 0 Å². The Morgan fingerprint density at radius 1 is 1.18 bits per heavy atom. The second-order valence-electron chi connectivity index (χ2n) is 2.27. The van der Waals surface area contributed by atoms with E-state index in [-0.39, 0.29) is 0 Å². The summed E-state index contributed by atoms with van der Waals surface area (Å²) in [5.41, 5.74) is 1.34. The highest BCUT2D eigenvalue weighted by atomic mass is 127. The zero-order chi connectivity index (χ0) is 8.27. The number of allylic oxidation sites excluding steroid dienone is 1. The summed E-state index contributed by atoms with van der Waals surface area (Å²) in [7, 11) is 0. The van der Waals surface area contributed by atoms with Gasteiger partial charge in [0.05, 0.1) is 0 Å². The minimum Gasteiger partial charge on any atom is -0.103 e. The third kappa shape index (κ3) is 3.11. The highest BCUT2D eigenvalue weighted by Crippen LogP contribution is 2.14. The molecule has 0 nitrogen and oxygen atoms in total. The molecular formula is C9H8I2. The number of hydrogen-bond acceptors (Lipinski definition) is 0. The first-order chi connectivity index (χ1) is 5.22. The van der Waals surface area contributed by atoms with Crippen LogP contribution in [0.2, 0.25) is 0 Å². The van der Waals surface area contributed by atoms with Crippen LogP contribution in [0.4, 0.5) is 0 Å². The summed E-state index contributed by atoms with van der Waals surface area (Å²) in [4.78, 5) is 0. The Balaban J connectivity index is 2.98. The van der Waals surface area contributed by atoms with Crippen molar-refractivity contribution in [2.24, 2.45) is 0 Å². The largest absolute Gasteiger partial charge is 0.103 e. The zero-order valence-electron chi connectivity index (χ0n) is 5.98. The highest BCUT2D eigenvalue weighted by Gasteiger charge is 1.94. The normalized spacial score (nSPS) is 9.64. The molecule has 0 N–H and O–H groups in total. The van der Waals surface area contributed by atoms with Crippen molar-refractivity contribution in [2.45, 2.75) is 6.42 Å². The van der Waals surface area contributed by atoms with Crippen LogP contribution >= 0.6 is 45.2 Å². The minimum absolute atomic E-state index is 0.965. The molecular weight excluding hydrogens is 362 g/mol. The second-order valence-corrected chi connectivity index (χ2v) is 4.76. The molecule has 11 heavy (non-hydrogen) atoms. The van der Waals surface area contributed by atoms with E-state index >= 15 is 0 Å². The van der Waals surface area contributed by atoms with Crippen LogP contribution in [0.5, 0.6) is 0 Å². The van der Waals surface area contributed by atoms with E-state index in [2.05, 4.69) is 70.0 Å². The first-order valence-corrected chi connectivity index (χ1v) is 5.44. The van der Waals surface area contributed by atoms with Crippen LogP contribution < -0.4 is 0 Å². The van der Waals surface area contributed by atoms with E-state index in [4.69, 9.17) is 0 Å². The summed E-state index contributed by atoms with van der Waals surface area (Å²) in [6.07, 6.45) is 2.90. The van der Waals surface area contributed by atoms with E-state index in [0.29, 0.717) is 0 Å². The lowest BCUT2D eigenvalue weighted by atomic mass is 10.2. The van der Waals surface area contributed by atoms with Crippen LogP contribution in [0.1, 0.15) is 5.56 Å². The van der Waals surface area contributed by atoms with Gasteiger partial charge in [-0.05, 0) is 75.4 Å². The van der Waals surface area contributed by atoms with Crippen LogP contribution in [-0.2, 0) is 6.42 Å². The molecule has 0 aliphatic carbocycles. The van der Waals surface area contributed by atoms with Gasteiger partial charge in [0, 0.05) is 7.14 Å². The maximum atomic E-state index is 3.71. The SMILES string of the molecule is C=CCc1cc(I)cc(I)c1. The fraction of sp³-hybridized carbons (Fsp3) is 0.111. The van der Waals surface area contributed by atoms with Gasteiger partial charge in [0.15, 0.2) is 0 Å². The maximum Gasteiger partial charge on any atom is 0.0143 e. The molecule has 1 rings (SSSR count). The fourth-order valence-electron chi connectivity index (χ4n) is 0.895. The monoisotopic (exact) mass is 370 g/mol. The summed E-state index contributed by atoms with van der Waals surface area (Å²) >= 11 is 4.66. The third-order valence-electron chi connectivity index (χ3n) is 1.30. The Labute approximate surface area is 94.4 Å². The van der Waals surface area contributed by atoms with E-state index < -0.39 is 0 Å². The average molecular weight is 370 g/mol. The topological polar surface area (TPSA) is 0 Å². The first-order valence-electron chi connectivity index (χ1n) is 3.28. The molecule has 0 radical (unpaired) electrons. The standard InChI is InChI=1S/C9H8I2/c1-2-3-7-4-8(10)6-9(11)5-7/h2,4-6H,1,3H2. The molecule has 0 amide bonds. The summed E-state index contributed by atoms with van der Waals surface area (Å²) in [5.74, 6) is 0. The molecule has 0 unspecified atom stereocenters. The van der Waals surface area contributed by atoms with E-state index in [9.17, 15) is 0 Å². The number of halogens is 2. The molecule has 1 aromatic rings. The molecule has 58 valence electrons. The average Bonchev–Trinajstić information content (AvgIpc) is 1.85. The van der Waals surface area contributed by atoms with Crippen molar-refractivity contribution in [1.82, 2.24) is 0 Å².